The normalized spacial score (nSPS) is 15.0. The van der Waals surface area contributed by atoms with Gasteiger partial charge in [-0.25, -0.2) is 8.42 Å². The van der Waals surface area contributed by atoms with Gasteiger partial charge in [-0.2, -0.15) is 4.31 Å². The van der Waals surface area contributed by atoms with Crippen LogP contribution in [0, 0.1) is 0 Å². The summed E-state index contributed by atoms with van der Waals surface area (Å²) >= 11 is 7.73. The number of sulfonamides is 1. The molecule has 1 N–H and O–H groups in total. The average molecular weight is 425 g/mol. The van der Waals surface area contributed by atoms with Crippen LogP contribution in [0.25, 0.3) is 0 Å². The molecule has 0 radical (unpaired) electrons. The summed E-state index contributed by atoms with van der Waals surface area (Å²) in [6.07, 6.45) is 2.04. The highest BCUT2D eigenvalue weighted by Crippen LogP contribution is 2.29. The van der Waals surface area contributed by atoms with E-state index in [9.17, 15) is 13.2 Å². The topological polar surface area (TPSA) is 66.5 Å². The Kier molecular flexibility index (Phi) is 6.81. The summed E-state index contributed by atoms with van der Waals surface area (Å²) in [5.74, 6) is 0.479. The first-order valence-corrected chi connectivity index (χ1v) is 11.5. The van der Waals surface area contributed by atoms with Crippen molar-refractivity contribution in [3.63, 3.8) is 0 Å². The summed E-state index contributed by atoms with van der Waals surface area (Å²) in [4.78, 5) is 13.3. The van der Waals surface area contributed by atoms with Gasteiger partial charge < -0.3 is 5.32 Å². The molecule has 0 spiro atoms. The first kappa shape index (κ1) is 20.2. The molecule has 1 aliphatic heterocycles. The van der Waals surface area contributed by atoms with E-state index in [4.69, 9.17) is 11.6 Å². The second-order valence-electron chi connectivity index (χ2n) is 6.22. The monoisotopic (exact) mass is 424 g/mol. The van der Waals surface area contributed by atoms with Crippen molar-refractivity contribution in [2.45, 2.75) is 29.1 Å². The highest BCUT2D eigenvalue weighted by molar-refractivity contribution is 7.99. The molecular formula is C19H21ClN2O3S2. The number of anilines is 1. The number of hydrogen-bond acceptors (Lipinski definition) is 4. The highest BCUT2D eigenvalue weighted by Gasteiger charge is 2.29. The summed E-state index contributed by atoms with van der Waals surface area (Å²) in [6, 6.07) is 14.4. The molecule has 144 valence electrons. The molecule has 1 fully saturated rings. The number of nitrogens with one attached hydrogen (secondary N) is 1. The Morgan fingerprint density at radius 2 is 1.81 bits per heavy atom. The molecule has 2 aromatic carbocycles. The molecule has 0 saturated carbocycles. The van der Waals surface area contributed by atoms with E-state index in [0.717, 1.165) is 17.7 Å². The van der Waals surface area contributed by atoms with Crippen LogP contribution in [0.15, 0.2) is 58.3 Å². The molecule has 3 rings (SSSR count). The number of rotatable bonds is 7. The lowest BCUT2D eigenvalue weighted by molar-refractivity contribution is -0.115. The van der Waals surface area contributed by atoms with Crippen LogP contribution in [0.3, 0.4) is 0 Å². The van der Waals surface area contributed by atoms with Crippen molar-refractivity contribution in [3.8, 4) is 0 Å². The van der Waals surface area contributed by atoms with Gasteiger partial charge in [-0.15, -0.1) is 11.8 Å². The lowest BCUT2D eigenvalue weighted by Crippen LogP contribution is -2.28. The fourth-order valence-electron chi connectivity index (χ4n) is 2.85. The van der Waals surface area contributed by atoms with Gasteiger partial charge in [-0.05, 0) is 43.2 Å². The van der Waals surface area contributed by atoms with E-state index in [2.05, 4.69) is 5.32 Å². The SMILES string of the molecule is O=C(CCSc1ccccc1)Nc1ccc(Cl)c(S(=O)(=O)N2CCCC2)c1. The Bertz CT molecular complexity index is 898. The third kappa shape index (κ3) is 5.25. The van der Waals surface area contributed by atoms with Gasteiger partial charge in [0.15, 0.2) is 0 Å². The predicted octanol–water partition coefficient (Wildman–Crippen LogP) is 4.25. The zero-order chi connectivity index (χ0) is 19.3. The number of carbonyl (C=O) groups is 1. The molecule has 1 aliphatic rings. The van der Waals surface area contributed by atoms with E-state index < -0.39 is 10.0 Å². The maximum atomic E-state index is 12.7. The predicted molar refractivity (Wildman–Crippen MR) is 110 cm³/mol. The van der Waals surface area contributed by atoms with E-state index in [1.807, 2.05) is 30.3 Å². The Hall–Kier alpha value is -1.54. The van der Waals surface area contributed by atoms with E-state index >= 15 is 0 Å². The summed E-state index contributed by atoms with van der Waals surface area (Å²) in [5.41, 5.74) is 0.437. The maximum Gasteiger partial charge on any atom is 0.244 e. The molecule has 1 amide bonds. The number of halogens is 1. The van der Waals surface area contributed by atoms with Gasteiger partial charge in [0.25, 0.3) is 0 Å². The van der Waals surface area contributed by atoms with Crippen molar-refractivity contribution in [1.29, 1.82) is 0 Å². The van der Waals surface area contributed by atoms with E-state index in [-0.39, 0.29) is 15.8 Å². The average Bonchev–Trinajstić information content (AvgIpc) is 3.20. The van der Waals surface area contributed by atoms with Crippen molar-refractivity contribution in [3.05, 3.63) is 53.6 Å². The second kappa shape index (κ2) is 9.10. The van der Waals surface area contributed by atoms with Crippen molar-refractivity contribution in [2.24, 2.45) is 0 Å². The largest absolute Gasteiger partial charge is 0.326 e. The van der Waals surface area contributed by atoms with Crippen LogP contribution in [0.2, 0.25) is 5.02 Å². The van der Waals surface area contributed by atoms with Gasteiger partial charge in [0.1, 0.15) is 4.90 Å². The third-order valence-electron chi connectivity index (χ3n) is 4.24. The van der Waals surface area contributed by atoms with Gasteiger partial charge in [0.05, 0.1) is 5.02 Å². The number of hydrogen-bond donors (Lipinski definition) is 1. The van der Waals surface area contributed by atoms with Crippen LogP contribution >= 0.6 is 23.4 Å². The third-order valence-corrected chi connectivity index (χ3v) is 7.63. The van der Waals surface area contributed by atoms with Crippen molar-refractivity contribution < 1.29 is 13.2 Å². The minimum Gasteiger partial charge on any atom is -0.326 e. The smallest absolute Gasteiger partial charge is 0.244 e. The Morgan fingerprint density at radius 3 is 2.52 bits per heavy atom. The van der Waals surface area contributed by atoms with Crippen LogP contribution in [-0.4, -0.2) is 37.5 Å². The minimum absolute atomic E-state index is 0.0440. The van der Waals surface area contributed by atoms with E-state index in [1.54, 1.807) is 17.8 Å². The van der Waals surface area contributed by atoms with E-state index in [1.165, 1.54) is 16.4 Å². The highest BCUT2D eigenvalue weighted by atomic mass is 35.5. The summed E-state index contributed by atoms with van der Waals surface area (Å²) in [6.45, 7) is 1.01. The molecule has 0 aromatic heterocycles. The number of nitrogens with zero attached hydrogens (tertiary/aromatic N) is 1. The van der Waals surface area contributed by atoms with Gasteiger partial charge in [0, 0.05) is 35.8 Å². The quantitative estimate of drug-likeness (QED) is 0.675. The molecule has 1 heterocycles. The van der Waals surface area contributed by atoms with Gasteiger partial charge in [-0.3, -0.25) is 4.79 Å². The molecular weight excluding hydrogens is 404 g/mol. The number of thioether (sulfide) groups is 1. The zero-order valence-corrected chi connectivity index (χ0v) is 17.1. The number of amides is 1. The van der Waals surface area contributed by atoms with Crippen molar-refractivity contribution >= 4 is 45.0 Å². The second-order valence-corrected chi connectivity index (χ2v) is 9.70. The van der Waals surface area contributed by atoms with Gasteiger partial charge in [0.2, 0.25) is 15.9 Å². The molecule has 2 aromatic rings. The van der Waals surface area contributed by atoms with Crippen LogP contribution in [0.1, 0.15) is 19.3 Å². The Labute approximate surface area is 169 Å². The first-order valence-electron chi connectivity index (χ1n) is 8.74. The standard InChI is InChI=1S/C19H21ClN2O3S2/c20-17-9-8-15(14-18(17)27(24,25)22-11-4-5-12-22)21-19(23)10-13-26-16-6-2-1-3-7-16/h1-3,6-9,14H,4-5,10-13H2,(H,21,23). The molecule has 1 saturated heterocycles. The van der Waals surface area contributed by atoms with Crippen LogP contribution in [0.4, 0.5) is 5.69 Å². The van der Waals surface area contributed by atoms with E-state index in [0.29, 0.717) is 31.0 Å². The molecule has 5 nitrogen and oxygen atoms in total. The fourth-order valence-corrected chi connectivity index (χ4v) is 5.74. The van der Waals surface area contributed by atoms with Crippen molar-refractivity contribution in [1.82, 2.24) is 4.31 Å². The lowest BCUT2D eigenvalue weighted by atomic mass is 10.3. The Balaban J connectivity index is 1.62. The maximum absolute atomic E-state index is 12.7. The molecule has 0 aliphatic carbocycles. The first-order chi connectivity index (χ1) is 13.0. The summed E-state index contributed by atoms with van der Waals surface area (Å²) in [5, 5.41) is 2.93. The molecule has 0 unspecified atom stereocenters. The molecule has 0 atom stereocenters. The summed E-state index contributed by atoms with van der Waals surface area (Å²) in [7, 11) is -3.63. The van der Waals surface area contributed by atoms with Gasteiger partial charge >= 0.3 is 0 Å². The minimum atomic E-state index is -3.63. The zero-order valence-electron chi connectivity index (χ0n) is 14.7. The number of carbonyl (C=O) groups excluding carboxylic acids is 1. The van der Waals surface area contributed by atoms with Crippen LogP contribution < -0.4 is 5.32 Å². The molecule has 8 heteroatoms. The summed E-state index contributed by atoms with van der Waals surface area (Å²) < 4.78 is 26.9. The fraction of sp³-hybridized carbons (Fsp3) is 0.316. The molecule has 0 bridgehead atoms. The number of benzene rings is 2. The Morgan fingerprint density at radius 1 is 1.11 bits per heavy atom. The van der Waals surface area contributed by atoms with Crippen LogP contribution in [0.5, 0.6) is 0 Å². The molecule has 27 heavy (non-hydrogen) atoms. The lowest BCUT2D eigenvalue weighted by Gasteiger charge is -2.17. The van der Waals surface area contributed by atoms with Crippen molar-refractivity contribution in [2.75, 3.05) is 24.2 Å². The van der Waals surface area contributed by atoms with Gasteiger partial charge in [-0.1, -0.05) is 29.8 Å². The van der Waals surface area contributed by atoms with Crippen LogP contribution in [-0.2, 0) is 14.8 Å².